The zero-order chi connectivity index (χ0) is 42.9. The molecule has 5 amide bonds. The molecule has 6 N–H and O–H groups in total. The number of amides is 5. The summed E-state index contributed by atoms with van der Waals surface area (Å²) in [5.74, 6) is -4.05. The average molecular weight is 818 g/mol. The maximum absolute atomic E-state index is 14.0. The number of carbonyl (C=O) groups is 5. The van der Waals surface area contributed by atoms with Crippen LogP contribution in [0.1, 0.15) is 68.2 Å². The molecule has 2 aliphatic heterocycles. The van der Waals surface area contributed by atoms with Gasteiger partial charge in [-0.25, -0.2) is 14.6 Å². The number of hydrogen-bond acceptors (Lipinski definition) is 9. The third-order valence-corrected chi connectivity index (χ3v) is 9.84. The first kappa shape index (κ1) is 43.7. The second-order valence-corrected chi connectivity index (χ2v) is 14.5. The van der Waals surface area contributed by atoms with Gasteiger partial charge in [0.25, 0.3) is 5.91 Å². The highest BCUT2D eigenvalue weighted by Gasteiger charge is 2.38. The summed E-state index contributed by atoms with van der Waals surface area (Å²) < 4.78 is 31.7. The minimum Gasteiger partial charge on any atom is -0.475 e. The fourth-order valence-corrected chi connectivity index (χ4v) is 6.45. The summed E-state index contributed by atoms with van der Waals surface area (Å²) in [6, 6.07) is 17.5. The van der Waals surface area contributed by atoms with Crippen LogP contribution in [0.15, 0.2) is 84.4 Å². The number of hydrogen-bond donors (Lipinski definition) is 5. The van der Waals surface area contributed by atoms with Crippen molar-refractivity contribution in [3.63, 3.8) is 0 Å². The van der Waals surface area contributed by atoms with Gasteiger partial charge in [0, 0.05) is 62.3 Å². The van der Waals surface area contributed by atoms with Crippen molar-refractivity contribution in [2.45, 2.75) is 77.3 Å². The lowest BCUT2D eigenvalue weighted by atomic mass is 9.86. The maximum atomic E-state index is 14.0. The lowest BCUT2D eigenvalue weighted by molar-refractivity contribution is -0.192. The number of aromatic nitrogens is 2. The Labute approximate surface area is 338 Å². The number of benzene rings is 2. The quantitative estimate of drug-likeness (QED) is 0.123. The summed E-state index contributed by atoms with van der Waals surface area (Å²) in [4.78, 5) is 71.2. The Kier molecular flexibility index (Phi) is 14.3. The smallest absolute Gasteiger partial charge is 0.475 e. The van der Waals surface area contributed by atoms with Gasteiger partial charge >= 0.3 is 18.2 Å². The second-order valence-electron chi connectivity index (χ2n) is 14.5. The number of halogens is 3. The van der Waals surface area contributed by atoms with Gasteiger partial charge in [0.15, 0.2) is 0 Å². The number of pyridine rings is 2. The molecule has 2 aromatic carbocycles. The molecule has 0 radical (unpaired) electrons. The summed E-state index contributed by atoms with van der Waals surface area (Å²) in [5, 5.41) is 22.9. The number of anilines is 1. The van der Waals surface area contributed by atoms with E-state index >= 15 is 0 Å². The number of carboxylic acid groups (broad SMARTS) is 1. The van der Waals surface area contributed by atoms with Gasteiger partial charge in [-0.1, -0.05) is 44.2 Å². The number of nitrogens with one attached hydrogen (secondary N) is 3. The highest BCUT2D eigenvalue weighted by atomic mass is 19.4. The van der Waals surface area contributed by atoms with Crippen molar-refractivity contribution in [1.82, 2.24) is 30.5 Å². The molecule has 6 rings (SSSR count). The van der Waals surface area contributed by atoms with E-state index in [4.69, 9.17) is 20.7 Å². The van der Waals surface area contributed by atoms with E-state index in [-0.39, 0.29) is 29.7 Å². The summed E-state index contributed by atoms with van der Waals surface area (Å²) in [6.45, 7) is 7.09. The first-order chi connectivity index (χ1) is 28.0. The molecule has 2 aromatic heterocycles. The predicted molar refractivity (Wildman–Crippen MR) is 213 cm³/mol. The molecule has 3 atom stereocenters. The monoisotopic (exact) mass is 817 g/mol. The van der Waals surface area contributed by atoms with Crippen LogP contribution in [0, 0.1) is 5.92 Å². The third kappa shape index (κ3) is 11.4. The van der Waals surface area contributed by atoms with Crippen molar-refractivity contribution < 1.29 is 42.3 Å². The number of urea groups is 1. The Bertz CT molecular complexity index is 2170. The molecule has 0 fully saturated rings. The van der Waals surface area contributed by atoms with E-state index in [0.717, 1.165) is 38.9 Å². The highest BCUT2D eigenvalue weighted by molar-refractivity contribution is 6.07. The largest absolute Gasteiger partial charge is 0.490 e. The van der Waals surface area contributed by atoms with Crippen molar-refractivity contribution in [3.8, 4) is 0 Å². The van der Waals surface area contributed by atoms with Crippen molar-refractivity contribution in [3.05, 3.63) is 102 Å². The molecule has 18 heteroatoms. The summed E-state index contributed by atoms with van der Waals surface area (Å²) in [5.41, 5.74) is 12.0. The Morgan fingerprint density at radius 2 is 1.64 bits per heavy atom. The summed E-state index contributed by atoms with van der Waals surface area (Å²) in [7, 11) is 0. The molecule has 4 heterocycles. The van der Waals surface area contributed by atoms with Gasteiger partial charge in [-0.05, 0) is 78.3 Å². The van der Waals surface area contributed by atoms with E-state index in [2.05, 4.69) is 25.9 Å². The van der Waals surface area contributed by atoms with Crippen LogP contribution in [0.5, 0.6) is 0 Å². The Morgan fingerprint density at radius 3 is 2.32 bits per heavy atom. The van der Waals surface area contributed by atoms with Gasteiger partial charge in [-0.15, -0.1) is 0 Å². The normalized spacial score (nSPS) is 16.0. The summed E-state index contributed by atoms with van der Waals surface area (Å²) in [6.07, 6.45) is 1.78. The molecule has 0 aliphatic carbocycles. The molecular weight excluding hydrogens is 772 g/mol. The molecule has 0 saturated carbocycles. The highest BCUT2D eigenvalue weighted by Crippen LogP contribution is 2.34. The minimum atomic E-state index is -5.08. The molecule has 0 saturated heterocycles. The number of aliphatic carboxylic acids is 1. The molecule has 2 aliphatic rings. The first-order valence-corrected chi connectivity index (χ1v) is 19.0. The molecule has 1 unspecified atom stereocenters. The third-order valence-electron chi connectivity index (χ3n) is 9.84. The van der Waals surface area contributed by atoms with Gasteiger partial charge in [-0.2, -0.15) is 18.3 Å². The number of carboxylic acids is 1. The molecule has 4 aromatic rings. The van der Waals surface area contributed by atoms with Gasteiger partial charge in [-0.3, -0.25) is 24.4 Å². The number of nitrogens with two attached hydrogens (primary N) is 1. The number of fused-ring (bicyclic) bond motifs is 2. The van der Waals surface area contributed by atoms with E-state index in [1.165, 1.54) is 5.01 Å². The fraction of sp³-hybridized carbons (Fsp3) is 0.366. The first-order valence-electron chi connectivity index (χ1n) is 19.0. The lowest BCUT2D eigenvalue weighted by Gasteiger charge is -2.30. The van der Waals surface area contributed by atoms with E-state index in [1.807, 2.05) is 74.5 Å². The second kappa shape index (κ2) is 19.3. The molecule has 0 spiro atoms. The van der Waals surface area contributed by atoms with Crippen LogP contribution in [0.2, 0.25) is 0 Å². The van der Waals surface area contributed by atoms with Gasteiger partial charge < -0.3 is 31.7 Å². The average Bonchev–Trinajstić information content (AvgIpc) is 3.66. The SMILES string of the molecule is CC(C)[C@H](N)C(=O)N[C@@H](C)C(=O)NCCCCN1N=C(c2ccc(NC(=O)N3Cc4ccncc4C3)cc2)CC(c2cccc3ncccc23)C1=O.O=C(O)C(F)(F)F. The topological polar surface area (TPSA) is 212 Å². The van der Waals surface area contributed by atoms with Crippen LogP contribution in [-0.4, -0.2) is 91.8 Å². The van der Waals surface area contributed by atoms with Gasteiger partial charge in [0.05, 0.1) is 23.2 Å². The van der Waals surface area contributed by atoms with Crippen LogP contribution < -0.4 is 21.7 Å². The van der Waals surface area contributed by atoms with Crippen molar-refractivity contribution in [2.24, 2.45) is 16.8 Å². The number of unbranched alkanes of at least 4 members (excludes halogenated alkanes) is 1. The fourth-order valence-electron chi connectivity index (χ4n) is 6.45. The number of alkyl halides is 3. The maximum Gasteiger partial charge on any atom is 0.490 e. The zero-order valence-corrected chi connectivity index (χ0v) is 32.7. The number of carbonyl (C=O) groups excluding carboxylic acids is 4. The number of hydrazone groups is 1. The molecule has 15 nitrogen and oxygen atoms in total. The predicted octanol–water partition coefficient (Wildman–Crippen LogP) is 4.92. The lowest BCUT2D eigenvalue weighted by Crippen LogP contribution is -2.51. The molecule has 0 bridgehead atoms. The van der Waals surface area contributed by atoms with E-state index in [1.54, 1.807) is 30.4 Å². The van der Waals surface area contributed by atoms with Crippen molar-refractivity contribution in [2.75, 3.05) is 18.4 Å². The van der Waals surface area contributed by atoms with Gasteiger partial charge in [0.2, 0.25) is 11.8 Å². The zero-order valence-electron chi connectivity index (χ0n) is 32.7. The van der Waals surface area contributed by atoms with Crippen LogP contribution in [-0.2, 0) is 32.3 Å². The molecule has 59 heavy (non-hydrogen) atoms. The van der Waals surface area contributed by atoms with Crippen LogP contribution in [0.3, 0.4) is 0 Å². The Hall–Kier alpha value is -6.43. The van der Waals surface area contributed by atoms with Crippen LogP contribution >= 0.6 is 0 Å². The molecular formula is C41H46F3N9O6. The van der Waals surface area contributed by atoms with E-state index in [0.29, 0.717) is 51.1 Å². The van der Waals surface area contributed by atoms with E-state index < -0.39 is 30.1 Å². The Morgan fingerprint density at radius 1 is 0.932 bits per heavy atom. The van der Waals surface area contributed by atoms with Gasteiger partial charge in [0.1, 0.15) is 6.04 Å². The minimum absolute atomic E-state index is 0.0442. The number of nitrogens with zero attached hydrogens (tertiary/aromatic N) is 5. The van der Waals surface area contributed by atoms with E-state index in [9.17, 15) is 32.3 Å². The standard InChI is InChI=1S/C39H45N9O4.C2HF3O2/c1-24(2)35(40)37(50)44-25(3)36(49)43-16-4-5-19-48-38(51)32(30-8-6-10-33-31(30)9-7-17-42-33)20-34(46-48)26-11-13-29(14-12-26)45-39(52)47-22-27-15-18-41-21-28(27)23-47;3-2(4,5)1(6)7/h6-15,17-18,21,24-25,32,35H,4-5,16,19-20,22-23,40H2,1-3H3,(H,43,49)(H,44,50)(H,45,52);(H,6,7)/t25-,32?,35-;/m0./s1. The summed E-state index contributed by atoms with van der Waals surface area (Å²) >= 11 is 0. The van der Waals surface area contributed by atoms with Crippen molar-refractivity contribution >= 4 is 52.0 Å². The Balaban J connectivity index is 0.000000867. The molecule has 312 valence electrons. The van der Waals surface area contributed by atoms with Crippen LogP contribution in [0.4, 0.5) is 23.7 Å². The van der Waals surface area contributed by atoms with Crippen LogP contribution in [0.25, 0.3) is 10.9 Å². The number of rotatable bonds is 12. The van der Waals surface area contributed by atoms with Crippen molar-refractivity contribution in [1.29, 1.82) is 0 Å².